The number of hydrogen-bond acceptors (Lipinski definition) is 4. The second kappa shape index (κ2) is 8.63. The maximum absolute atomic E-state index is 12.1. The first-order valence-electron chi connectivity index (χ1n) is 8.08. The number of esters is 1. The Hall–Kier alpha value is -0.610. The van der Waals surface area contributed by atoms with E-state index in [0.717, 1.165) is 12.5 Å². The van der Waals surface area contributed by atoms with Crippen LogP contribution in [0.1, 0.15) is 53.4 Å². The number of likely N-dealkylation sites (N-methyl/N-ethyl adjacent to an activating group) is 1. The molecule has 1 N–H and O–H groups in total. The molecule has 0 bridgehead atoms. The fraction of sp³-hybridized carbons (Fsp3) is 0.938. The lowest BCUT2D eigenvalue weighted by atomic mass is 9.85. The molecular formula is C16H32N2O2. The van der Waals surface area contributed by atoms with Crippen molar-refractivity contribution in [3.8, 4) is 0 Å². The van der Waals surface area contributed by atoms with E-state index in [-0.39, 0.29) is 18.1 Å². The van der Waals surface area contributed by atoms with Crippen molar-refractivity contribution >= 4 is 5.97 Å². The predicted molar refractivity (Wildman–Crippen MR) is 82.7 cm³/mol. The van der Waals surface area contributed by atoms with Gasteiger partial charge in [0.15, 0.2) is 0 Å². The van der Waals surface area contributed by atoms with Gasteiger partial charge in [0, 0.05) is 18.6 Å². The summed E-state index contributed by atoms with van der Waals surface area (Å²) in [6, 6.07) is 0.644. The van der Waals surface area contributed by atoms with E-state index in [9.17, 15) is 4.79 Å². The molecule has 4 nitrogen and oxygen atoms in total. The number of hydrogen-bond donors (Lipinski definition) is 1. The highest BCUT2D eigenvalue weighted by Crippen LogP contribution is 2.27. The Morgan fingerprint density at radius 3 is 2.55 bits per heavy atom. The number of rotatable bonds is 7. The predicted octanol–water partition coefficient (Wildman–Crippen LogP) is 2.43. The van der Waals surface area contributed by atoms with Gasteiger partial charge in [-0.25, -0.2) is 0 Å². The van der Waals surface area contributed by atoms with Gasteiger partial charge >= 0.3 is 5.97 Å². The zero-order valence-electron chi connectivity index (χ0n) is 13.8. The highest BCUT2D eigenvalue weighted by atomic mass is 16.5. The summed E-state index contributed by atoms with van der Waals surface area (Å²) in [6.07, 6.45) is 5.20. The van der Waals surface area contributed by atoms with Crippen molar-refractivity contribution in [2.75, 3.05) is 20.2 Å². The lowest BCUT2D eigenvalue weighted by molar-refractivity contribution is -0.146. The Labute approximate surface area is 124 Å². The minimum absolute atomic E-state index is 0.128. The van der Waals surface area contributed by atoms with Gasteiger partial charge in [-0.2, -0.15) is 0 Å². The van der Waals surface area contributed by atoms with E-state index in [1.54, 1.807) is 0 Å². The van der Waals surface area contributed by atoms with Crippen molar-refractivity contribution in [3.05, 3.63) is 0 Å². The molecule has 0 saturated heterocycles. The van der Waals surface area contributed by atoms with Crippen molar-refractivity contribution < 1.29 is 9.53 Å². The lowest BCUT2D eigenvalue weighted by Gasteiger charge is -2.38. The van der Waals surface area contributed by atoms with Crippen LogP contribution in [0, 0.1) is 5.92 Å². The minimum atomic E-state index is -0.228. The largest absolute Gasteiger partial charge is 0.465 e. The molecule has 118 valence electrons. The molecule has 0 amide bonds. The zero-order chi connectivity index (χ0) is 15.1. The third-order valence-electron chi connectivity index (χ3n) is 4.21. The lowest BCUT2D eigenvalue weighted by Crippen LogP contribution is -2.52. The summed E-state index contributed by atoms with van der Waals surface area (Å²) in [5, 5.41) is 3.33. The van der Waals surface area contributed by atoms with Crippen LogP contribution in [0.15, 0.2) is 0 Å². The van der Waals surface area contributed by atoms with Gasteiger partial charge < -0.3 is 15.0 Å². The molecule has 20 heavy (non-hydrogen) atoms. The molecule has 1 aliphatic carbocycles. The molecule has 0 aromatic carbocycles. The standard InChI is InChI=1S/C16H32N2O2/c1-6-20-16(19)14(17-12(2)3)11-18(5)15-10-8-7-9-13(15)4/h12-15,17H,6-11H2,1-5H3. The number of nitrogens with one attached hydrogen (secondary N) is 1. The van der Waals surface area contributed by atoms with E-state index in [4.69, 9.17) is 4.74 Å². The average Bonchev–Trinajstić information content (AvgIpc) is 2.38. The van der Waals surface area contributed by atoms with Crippen molar-refractivity contribution in [2.24, 2.45) is 5.92 Å². The highest BCUT2D eigenvalue weighted by Gasteiger charge is 2.29. The molecule has 0 heterocycles. The highest BCUT2D eigenvalue weighted by molar-refractivity contribution is 5.76. The van der Waals surface area contributed by atoms with Crippen molar-refractivity contribution in [2.45, 2.75) is 71.5 Å². The number of nitrogens with zero attached hydrogens (tertiary/aromatic N) is 1. The van der Waals surface area contributed by atoms with Crippen LogP contribution in [0.5, 0.6) is 0 Å². The fourth-order valence-electron chi connectivity index (χ4n) is 3.22. The van der Waals surface area contributed by atoms with Crippen LogP contribution in [0.25, 0.3) is 0 Å². The van der Waals surface area contributed by atoms with Crippen molar-refractivity contribution in [1.29, 1.82) is 0 Å². The summed E-state index contributed by atoms with van der Waals surface area (Å²) in [6.45, 7) is 9.49. The molecule has 1 rings (SSSR count). The summed E-state index contributed by atoms with van der Waals surface area (Å²) in [4.78, 5) is 14.4. The van der Waals surface area contributed by atoms with Crippen LogP contribution in [-0.2, 0) is 9.53 Å². The normalized spacial score (nSPS) is 24.9. The molecule has 1 saturated carbocycles. The van der Waals surface area contributed by atoms with Gasteiger partial charge in [-0.15, -0.1) is 0 Å². The second-order valence-electron chi connectivity index (χ2n) is 6.39. The monoisotopic (exact) mass is 284 g/mol. The molecule has 0 spiro atoms. The third-order valence-corrected chi connectivity index (χ3v) is 4.21. The maximum atomic E-state index is 12.1. The van der Waals surface area contributed by atoms with E-state index in [0.29, 0.717) is 12.6 Å². The van der Waals surface area contributed by atoms with Gasteiger partial charge in [-0.3, -0.25) is 4.79 Å². The van der Waals surface area contributed by atoms with Crippen LogP contribution < -0.4 is 5.32 Å². The van der Waals surface area contributed by atoms with Gasteiger partial charge in [-0.05, 0) is 32.7 Å². The van der Waals surface area contributed by atoms with Crippen LogP contribution in [0.2, 0.25) is 0 Å². The van der Waals surface area contributed by atoms with Crippen molar-refractivity contribution in [1.82, 2.24) is 10.2 Å². The van der Waals surface area contributed by atoms with Gasteiger partial charge in [0.2, 0.25) is 0 Å². The molecule has 1 fully saturated rings. The minimum Gasteiger partial charge on any atom is -0.465 e. The zero-order valence-corrected chi connectivity index (χ0v) is 13.8. The number of carbonyl (C=O) groups excluding carboxylic acids is 1. The molecule has 3 unspecified atom stereocenters. The molecule has 1 aliphatic rings. The van der Waals surface area contributed by atoms with Gasteiger partial charge in [-0.1, -0.05) is 33.6 Å². The first kappa shape index (κ1) is 17.4. The van der Waals surface area contributed by atoms with E-state index in [2.05, 4.69) is 38.0 Å². The average molecular weight is 284 g/mol. The summed E-state index contributed by atoms with van der Waals surface area (Å²) in [5.41, 5.74) is 0. The quantitative estimate of drug-likeness (QED) is 0.729. The van der Waals surface area contributed by atoms with E-state index < -0.39 is 0 Å². The topological polar surface area (TPSA) is 41.6 Å². The maximum Gasteiger partial charge on any atom is 0.324 e. The van der Waals surface area contributed by atoms with Crippen LogP contribution in [-0.4, -0.2) is 49.2 Å². The fourth-order valence-corrected chi connectivity index (χ4v) is 3.22. The molecular weight excluding hydrogens is 252 g/mol. The number of carbonyl (C=O) groups is 1. The first-order valence-corrected chi connectivity index (χ1v) is 8.08. The van der Waals surface area contributed by atoms with E-state index in [1.807, 2.05) is 6.92 Å². The molecule has 4 heteroatoms. The number of ether oxygens (including phenoxy) is 1. The molecule has 3 atom stereocenters. The Morgan fingerprint density at radius 1 is 1.35 bits per heavy atom. The molecule has 0 aromatic rings. The summed E-state index contributed by atoms with van der Waals surface area (Å²) in [7, 11) is 2.14. The van der Waals surface area contributed by atoms with Crippen LogP contribution >= 0.6 is 0 Å². The first-order chi connectivity index (χ1) is 9.45. The van der Waals surface area contributed by atoms with Gasteiger partial charge in [0.1, 0.15) is 6.04 Å². The summed E-state index contributed by atoms with van der Waals surface area (Å²) in [5.74, 6) is 0.590. The van der Waals surface area contributed by atoms with E-state index >= 15 is 0 Å². The third kappa shape index (κ3) is 5.41. The van der Waals surface area contributed by atoms with Gasteiger partial charge in [0.25, 0.3) is 0 Å². The second-order valence-corrected chi connectivity index (χ2v) is 6.39. The summed E-state index contributed by atoms with van der Waals surface area (Å²) < 4.78 is 5.19. The molecule has 0 radical (unpaired) electrons. The Bertz CT molecular complexity index is 294. The summed E-state index contributed by atoms with van der Waals surface area (Å²) >= 11 is 0. The smallest absolute Gasteiger partial charge is 0.324 e. The Morgan fingerprint density at radius 2 is 2.00 bits per heavy atom. The Balaban J connectivity index is 2.60. The van der Waals surface area contributed by atoms with Crippen LogP contribution in [0.4, 0.5) is 0 Å². The van der Waals surface area contributed by atoms with Crippen molar-refractivity contribution in [3.63, 3.8) is 0 Å². The molecule has 0 aromatic heterocycles. The molecule has 0 aliphatic heterocycles. The van der Waals surface area contributed by atoms with E-state index in [1.165, 1.54) is 25.7 Å². The Kier molecular flexibility index (Phi) is 7.52. The SMILES string of the molecule is CCOC(=O)C(CN(C)C1CCCCC1C)NC(C)C. The van der Waals surface area contributed by atoms with Gasteiger partial charge in [0.05, 0.1) is 6.61 Å². The van der Waals surface area contributed by atoms with Crippen LogP contribution in [0.3, 0.4) is 0 Å².